The minimum absolute atomic E-state index is 0.0318. The second-order valence-corrected chi connectivity index (χ2v) is 5.25. The SMILES string of the molecule is Cn1ccc(C(=O)N2CCC[C@H](c3ccncc3)C2)n1. The summed E-state index contributed by atoms with van der Waals surface area (Å²) in [4.78, 5) is 18.4. The highest BCUT2D eigenvalue weighted by atomic mass is 16.2. The van der Waals surface area contributed by atoms with Gasteiger partial charge < -0.3 is 4.90 Å². The Bertz CT molecular complexity index is 593. The minimum atomic E-state index is 0.0318. The zero-order valence-electron chi connectivity index (χ0n) is 11.6. The van der Waals surface area contributed by atoms with E-state index >= 15 is 0 Å². The summed E-state index contributed by atoms with van der Waals surface area (Å²) in [7, 11) is 1.83. The number of hydrogen-bond donors (Lipinski definition) is 0. The van der Waals surface area contributed by atoms with Crippen LogP contribution in [0.25, 0.3) is 0 Å². The molecule has 1 saturated heterocycles. The Hall–Kier alpha value is -2.17. The summed E-state index contributed by atoms with van der Waals surface area (Å²) in [5.74, 6) is 0.434. The first-order chi connectivity index (χ1) is 9.74. The topological polar surface area (TPSA) is 51.0 Å². The van der Waals surface area contributed by atoms with Gasteiger partial charge in [-0.25, -0.2) is 0 Å². The molecule has 0 aromatic carbocycles. The highest BCUT2D eigenvalue weighted by Gasteiger charge is 2.26. The highest BCUT2D eigenvalue weighted by molar-refractivity contribution is 5.92. The van der Waals surface area contributed by atoms with Crippen molar-refractivity contribution in [3.63, 3.8) is 0 Å². The molecule has 5 nitrogen and oxygen atoms in total. The van der Waals surface area contributed by atoms with E-state index < -0.39 is 0 Å². The molecule has 3 heterocycles. The van der Waals surface area contributed by atoms with Gasteiger partial charge >= 0.3 is 0 Å². The number of piperidine rings is 1. The van der Waals surface area contributed by atoms with Crippen molar-refractivity contribution in [2.75, 3.05) is 13.1 Å². The number of aromatic nitrogens is 3. The molecule has 2 aromatic heterocycles. The van der Waals surface area contributed by atoms with Crippen molar-refractivity contribution in [2.45, 2.75) is 18.8 Å². The second-order valence-electron chi connectivity index (χ2n) is 5.25. The lowest BCUT2D eigenvalue weighted by Crippen LogP contribution is -2.39. The van der Waals surface area contributed by atoms with Crippen LogP contribution < -0.4 is 0 Å². The van der Waals surface area contributed by atoms with Gasteiger partial charge in [-0.2, -0.15) is 5.10 Å². The third-order valence-corrected chi connectivity index (χ3v) is 3.82. The Morgan fingerprint density at radius 3 is 2.80 bits per heavy atom. The van der Waals surface area contributed by atoms with E-state index in [4.69, 9.17) is 0 Å². The van der Waals surface area contributed by atoms with Gasteiger partial charge in [0.15, 0.2) is 0 Å². The third-order valence-electron chi connectivity index (χ3n) is 3.82. The molecular formula is C15H18N4O. The van der Waals surface area contributed by atoms with Crippen molar-refractivity contribution in [3.05, 3.63) is 48.0 Å². The van der Waals surface area contributed by atoms with Gasteiger partial charge in [-0.15, -0.1) is 0 Å². The van der Waals surface area contributed by atoms with E-state index in [1.165, 1.54) is 5.56 Å². The fourth-order valence-corrected chi connectivity index (χ4v) is 2.76. The fourth-order valence-electron chi connectivity index (χ4n) is 2.76. The lowest BCUT2D eigenvalue weighted by atomic mass is 9.91. The van der Waals surface area contributed by atoms with Crippen LogP contribution in [0.4, 0.5) is 0 Å². The number of nitrogens with zero attached hydrogens (tertiary/aromatic N) is 4. The largest absolute Gasteiger partial charge is 0.337 e. The van der Waals surface area contributed by atoms with Gasteiger partial charge in [0.25, 0.3) is 5.91 Å². The molecule has 1 fully saturated rings. The van der Waals surface area contributed by atoms with Gasteiger partial charge in [0.2, 0.25) is 0 Å². The van der Waals surface area contributed by atoms with Crippen molar-refractivity contribution in [2.24, 2.45) is 7.05 Å². The quantitative estimate of drug-likeness (QED) is 0.836. The molecule has 0 unspecified atom stereocenters. The number of pyridine rings is 1. The molecule has 0 spiro atoms. The Labute approximate surface area is 118 Å². The number of likely N-dealkylation sites (tertiary alicyclic amines) is 1. The summed E-state index contributed by atoms with van der Waals surface area (Å²) in [5.41, 5.74) is 1.79. The number of hydrogen-bond acceptors (Lipinski definition) is 3. The standard InChI is InChI=1S/C15H18N4O/c1-18-10-6-14(17-18)15(20)19-9-2-3-13(11-19)12-4-7-16-8-5-12/h4-8,10,13H,2-3,9,11H2,1H3/t13-/m0/s1. The van der Waals surface area contributed by atoms with Crippen LogP contribution in [0, 0.1) is 0 Å². The number of rotatable bonds is 2. The first kappa shape index (κ1) is 12.8. The fraction of sp³-hybridized carbons (Fsp3) is 0.400. The van der Waals surface area contributed by atoms with E-state index in [0.717, 1.165) is 25.9 Å². The first-order valence-corrected chi connectivity index (χ1v) is 6.93. The predicted molar refractivity (Wildman–Crippen MR) is 75.3 cm³/mol. The molecular weight excluding hydrogens is 252 g/mol. The van der Waals surface area contributed by atoms with E-state index in [9.17, 15) is 4.79 Å². The van der Waals surface area contributed by atoms with Gasteiger partial charge in [0, 0.05) is 44.6 Å². The van der Waals surface area contributed by atoms with Crippen LogP contribution in [0.3, 0.4) is 0 Å². The molecule has 0 aliphatic carbocycles. The van der Waals surface area contributed by atoms with E-state index in [2.05, 4.69) is 10.1 Å². The molecule has 104 valence electrons. The number of carbonyl (C=O) groups is 1. The molecule has 1 aliphatic rings. The number of amides is 1. The third kappa shape index (κ3) is 2.57. The van der Waals surface area contributed by atoms with Crippen molar-refractivity contribution in [3.8, 4) is 0 Å². The van der Waals surface area contributed by atoms with Crippen LogP contribution in [-0.2, 0) is 7.05 Å². The number of carbonyl (C=O) groups excluding carboxylic acids is 1. The van der Waals surface area contributed by atoms with Gasteiger partial charge in [0.1, 0.15) is 5.69 Å². The molecule has 1 aliphatic heterocycles. The lowest BCUT2D eigenvalue weighted by Gasteiger charge is -2.32. The summed E-state index contributed by atoms with van der Waals surface area (Å²) in [6, 6.07) is 5.86. The van der Waals surface area contributed by atoms with Crippen LogP contribution >= 0.6 is 0 Å². The average molecular weight is 270 g/mol. The Balaban J connectivity index is 1.74. The molecule has 2 aromatic rings. The van der Waals surface area contributed by atoms with Crippen LogP contribution in [0.5, 0.6) is 0 Å². The maximum Gasteiger partial charge on any atom is 0.274 e. The maximum absolute atomic E-state index is 12.4. The van der Waals surface area contributed by atoms with Crippen molar-refractivity contribution < 1.29 is 4.79 Å². The minimum Gasteiger partial charge on any atom is -0.337 e. The molecule has 0 radical (unpaired) electrons. The van der Waals surface area contributed by atoms with Crippen LogP contribution in [0.15, 0.2) is 36.8 Å². The molecule has 5 heteroatoms. The molecule has 0 N–H and O–H groups in total. The smallest absolute Gasteiger partial charge is 0.274 e. The van der Waals surface area contributed by atoms with Gasteiger partial charge in [-0.1, -0.05) is 0 Å². The van der Waals surface area contributed by atoms with Gasteiger partial charge in [-0.05, 0) is 36.6 Å². The molecule has 20 heavy (non-hydrogen) atoms. The Morgan fingerprint density at radius 1 is 1.30 bits per heavy atom. The molecule has 0 bridgehead atoms. The molecule has 3 rings (SSSR count). The molecule has 1 amide bonds. The Kier molecular flexibility index (Phi) is 3.50. The molecule has 0 saturated carbocycles. The predicted octanol–water partition coefficient (Wildman–Crippen LogP) is 1.83. The normalized spacial score (nSPS) is 19.1. The summed E-state index contributed by atoms with van der Waals surface area (Å²) >= 11 is 0. The summed E-state index contributed by atoms with van der Waals surface area (Å²) in [5, 5.41) is 4.20. The van der Waals surface area contributed by atoms with E-state index in [0.29, 0.717) is 11.6 Å². The van der Waals surface area contributed by atoms with Crippen LogP contribution in [0.2, 0.25) is 0 Å². The number of aryl methyl sites for hydroxylation is 1. The van der Waals surface area contributed by atoms with E-state index in [1.54, 1.807) is 16.9 Å². The highest BCUT2D eigenvalue weighted by Crippen LogP contribution is 2.27. The summed E-state index contributed by atoms with van der Waals surface area (Å²) in [6.07, 6.45) is 7.59. The van der Waals surface area contributed by atoms with Crippen LogP contribution in [0.1, 0.15) is 34.8 Å². The molecule has 1 atom stereocenters. The summed E-state index contributed by atoms with van der Waals surface area (Å²) in [6.45, 7) is 1.58. The zero-order valence-corrected chi connectivity index (χ0v) is 11.6. The maximum atomic E-state index is 12.4. The van der Waals surface area contributed by atoms with Crippen molar-refractivity contribution >= 4 is 5.91 Å². The second kappa shape index (κ2) is 5.45. The van der Waals surface area contributed by atoms with E-state index in [-0.39, 0.29) is 5.91 Å². The van der Waals surface area contributed by atoms with Crippen molar-refractivity contribution in [1.29, 1.82) is 0 Å². The first-order valence-electron chi connectivity index (χ1n) is 6.93. The lowest BCUT2D eigenvalue weighted by molar-refractivity contribution is 0.0700. The average Bonchev–Trinajstić information content (AvgIpc) is 2.94. The zero-order chi connectivity index (χ0) is 13.9. The summed E-state index contributed by atoms with van der Waals surface area (Å²) < 4.78 is 1.66. The van der Waals surface area contributed by atoms with Gasteiger partial charge in [-0.3, -0.25) is 14.5 Å². The van der Waals surface area contributed by atoms with Crippen LogP contribution in [-0.4, -0.2) is 38.7 Å². The monoisotopic (exact) mass is 270 g/mol. The Morgan fingerprint density at radius 2 is 2.10 bits per heavy atom. The van der Waals surface area contributed by atoms with Crippen molar-refractivity contribution in [1.82, 2.24) is 19.7 Å². The van der Waals surface area contributed by atoms with Gasteiger partial charge in [0.05, 0.1) is 0 Å². The van der Waals surface area contributed by atoms with E-state index in [1.807, 2.05) is 36.5 Å².